The van der Waals surface area contributed by atoms with E-state index in [1.54, 1.807) is 13.3 Å². The number of halogens is 1. The second kappa shape index (κ2) is 8.51. The van der Waals surface area contributed by atoms with E-state index in [-0.39, 0.29) is 6.04 Å². The summed E-state index contributed by atoms with van der Waals surface area (Å²) in [7, 11) is 1.72. The van der Waals surface area contributed by atoms with Gasteiger partial charge < -0.3 is 10.1 Å². The van der Waals surface area contributed by atoms with Gasteiger partial charge in [-0.1, -0.05) is 25.4 Å². The molecule has 1 atom stereocenters. The van der Waals surface area contributed by atoms with Crippen molar-refractivity contribution in [3.63, 3.8) is 0 Å². The summed E-state index contributed by atoms with van der Waals surface area (Å²) in [4.78, 5) is 0. The molecule has 0 radical (unpaired) electrons. The molecule has 0 spiro atoms. The summed E-state index contributed by atoms with van der Waals surface area (Å²) >= 11 is 6.27. The zero-order valence-electron chi connectivity index (χ0n) is 11.6. The number of hydrogen-bond donors (Lipinski definition) is 1. The monoisotopic (exact) mass is 273 g/mol. The molecule has 1 aromatic rings. The first-order chi connectivity index (χ1) is 8.74. The highest BCUT2D eigenvalue weighted by Gasteiger charge is 2.19. The van der Waals surface area contributed by atoms with E-state index in [1.165, 1.54) is 0 Å². The molecule has 1 aromatic heterocycles. The van der Waals surface area contributed by atoms with Gasteiger partial charge in [0.1, 0.15) is 0 Å². The average molecular weight is 274 g/mol. The van der Waals surface area contributed by atoms with Crippen LogP contribution in [0, 0.1) is 0 Å². The minimum atomic E-state index is 0.214. The number of rotatable bonds is 9. The topological polar surface area (TPSA) is 39.1 Å². The van der Waals surface area contributed by atoms with Crippen molar-refractivity contribution in [1.82, 2.24) is 15.1 Å². The summed E-state index contributed by atoms with van der Waals surface area (Å²) in [5.74, 6) is 0. The first kappa shape index (κ1) is 15.5. The highest BCUT2D eigenvalue weighted by molar-refractivity contribution is 6.31. The maximum Gasteiger partial charge on any atom is 0.0834 e. The smallest absolute Gasteiger partial charge is 0.0834 e. The van der Waals surface area contributed by atoms with Gasteiger partial charge in [-0.25, -0.2) is 0 Å². The number of aryl methyl sites for hydroxylation is 1. The summed E-state index contributed by atoms with van der Waals surface area (Å²) in [6, 6.07) is 0.214. The SMILES string of the molecule is CCCNC(CCOC)c1c(Cl)cnn1CCC. The van der Waals surface area contributed by atoms with E-state index in [9.17, 15) is 0 Å². The van der Waals surface area contributed by atoms with Gasteiger partial charge in [-0.05, 0) is 25.8 Å². The Morgan fingerprint density at radius 3 is 2.83 bits per heavy atom. The van der Waals surface area contributed by atoms with Crippen molar-refractivity contribution in [2.24, 2.45) is 0 Å². The first-order valence-corrected chi connectivity index (χ1v) is 7.05. The maximum absolute atomic E-state index is 6.27. The van der Waals surface area contributed by atoms with Crippen molar-refractivity contribution in [3.8, 4) is 0 Å². The fourth-order valence-electron chi connectivity index (χ4n) is 2.00. The molecule has 5 heteroatoms. The Hall–Kier alpha value is -0.580. The zero-order chi connectivity index (χ0) is 13.4. The van der Waals surface area contributed by atoms with Crippen LogP contribution in [-0.4, -0.2) is 30.0 Å². The molecule has 1 heterocycles. The minimum absolute atomic E-state index is 0.214. The molecule has 0 amide bonds. The van der Waals surface area contributed by atoms with Crippen molar-refractivity contribution < 1.29 is 4.74 Å². The van der Waals surface area contributed by atoms with E-state index in [0.717, 1.165) is 49.7 Å². The third kappa shape index (κ3) is 4.26. The molecule has 0 saturated carbocycles. The summed E-state index contributed by atoms with van der Waals surface area (Å²) < 4.78 is 7.18. The molecule has 18 heavy (non-hydrogen) atoms. The number of hydrogen-bond acceptors (Lipinski definition) is 3. The molecule has 0 aromatic carbocycles. The van der Waals surface area contributed by atoms with Crippen LogP contribution < -0.4 is 5.32 Å². The lowest BCUT2D eigenvalue weighted by molar-refractivity contribution is 0.181. The van der Waals surface area contributed by atoms with Crippen molar-refractivity contribution >= 4 is 11.6 Å². The van der Waals surface area contributed by atoms with Crippen LogP contribution in [0.2, 0.25) is 5.02 Å². The molecule has 4 nitrogen and oxygen atoms in total. The normalized spacial score (nSPS) is 12.9. The zero-order valence-corrected chi connectivity index (χ0v) is 12.3. The first-order valence-electron chi connectivity index (χ1n) is 6.68. The molecular weight excluding hydrogens is 250 g/mol. The van der Waals surface area contributed by atoms with E-state index in [4.69, 9.17) is 16.3 Å². The van der Waals surface area contributed by atoms with Crippen molar-refractivity contribution in [2.45, 2.75) is 45.7 Å². The van der Waals surface area contributed by atoms with Crippen LogP contribution in [0.25, 0.3) is 0 Å². The van der Waals surface area contributed by atoms with E-state index in [0.29, 0.717) is 0 Å². The molecule has 0 aliphatic rings. The Bertz CT molecular complexity index is 333. The Morgan fingerprint density at radius 2 is 2.22 bits per heavy atom. The summed E-state index contributed by atoms with van der Waals surface area (Å²) in [6.07, 6.45) is 4.80. The number of ether oxygens (including phenoxy) is 1. The summed E-state index contributed by atoms with van der Waals surface area (Å²) in [5, 5.41) is 8.61. The fourth-order valence-corrected chi connectivity index (χ4v) is 2.27. The number of aromatic nitrogens is 2. The second-order valence-corrected chi connectivity index (χ2v) is 4.80. The molecule has 0 saturated heterocycles. The highest BCUT2D eigenvalue weighted by Crippen LogP contribution is 2.25. The predicted octanol–water partition coefficient (Wildman–Crippen LogP) is 3.02. The third-order valence-electron chi connectivity index (χ3n) is 2.85. The standard InChI is InChI=1S/C13H24ClN3O/c1-4-7-15-12(6-9-18-3)13-11(14)10-16-17(13)8-5-2/h10,12,15H,4-9H2,1-3H3. The molecule has 1 rings (SSSR count). The molecule has 0 bridgehead atoms. The van der Waals surface area contributed by atoms with Crippen LogP contribution in [-0.2, 0) is 11.3 Å². The van der Waals surface area contributed by atoms with Crippen molar-refractivity contribution in [3.05, 3.63) is 16.9 Å². The molecule has 0 aliphatic heterocycles. The maximum atomic E-state index is 6.27. The lowest BCUT2D eigenvalue weighted by Crippen LogP contribution is -2.26. The van der Waals surface area contributed by atoms with Crippen molar-refractivity contribution in [1.29, 1.82) is 0 Å². The van der Waals surface area contributed by atoms with E-state index in [2.05, 4.69) is 24.3 Å². The van der Waals surface area contributed by atoms with Crippen LogP contribution in [0.3, 0.4) is 0 Å². The van der Waals surface area contributed by atoms with E-state index < -0.39 is 0 Å². The van der Waals surface area contributed by atoms with Gasteiger partial charge in [-0.2, -0.15) is 5.10 Å². The van der Waals surface area contributed by atoms with Gasteiger partial charge in [-0.15, -0.1) is 0 Å². The van der Waals surface area contributed by atoms with Crippen LogP contribution in [0.15, 0.2) is 6.20 Å². The van der Waals surface area contributed by atoms with Gasteiger partial charge in [0.05, 0.1) is 23.0 Å². The number of nitrogens with one attached hydrogen (secondary N) is 1. The van der Waals surface area contributed by atoms with Crippen LogP contribution in [0.1, 0.15) is 44.8 Å². The summed E-state index contributed by atoms with van der Waals surface area (Å²) in [6.45, 7) is 6.89. The van der Waals surface area contributed by atoms with Crippen molar-refractivity contribution in [2.75, 3.05) is 20.3 Å². The Labute approximate surface area is 115 Å². The molecule has 0 fully saturated rings. The van der Waals surface area contributed by atoms with E-state index in [1.807, 2.05) is 4.68 Å². The van der Waals surface area contributed by atoms with Gasteiger partial charge in [0, 0.05) is 20.3 Å². The predicted molar refractivity (Wildman–Crippen MR) is 75.1 cm³/mol. The average Bonchev–Trinajstić information content (AvgIpc) is 2.72. The number of nitrogens with zero attached hydrogens (tertiary/aromatic N) is 2. The van der Waals surface area contributed by atoms with Crippen LogP contribution >= 0.6 is 11.6 Å². The Balaban J connectivity index is 2.83. The third-order valence-corrected chi connectivity index (χ3v) is 3.14. The molecule has 1 N–H and O–H groups in total. The Morgan fingerprint density at radius 1 is 1.44 bits per heavy atom. The largest absolute Gasteiger partial charge is 0.385 e. The van der Waals surface area contributed by atoms with Gasteiger partial charge >= 0.3 is 0 Å². The molecular formula is C13H24ClN3O. The Kier molecular flexibility index (Phi) is 7.32. The highest BCUT2D eigenvalue weighted by atomic mass is 35.5. The van der Waals surface area contributed by atoms with Crippen LogP contribution in [0.5, 0.6) is 0 Å². The quantitative estimate of drug-likeness (QED) is 0.752. The molecule has 104 valence electrons. The van der Waals surface area contributed by atoms with Gasteiger partial charge in [0.25, 0.3) is 0 Å². The second-order valence-electron chi connectivity index (χ2n) is 4.39. The minimum Gasteiger partial charge on any atom is -0.385 e. The molecule has 1 unspecified atom stereocenters. The van der Waals surface area contributed by atoms with Gasteiger partial charge in [0.2, 0.25) is 0 Å². The molecule has 0 aliphatic carbocycles. The lowest BCUT2D eigenvalue weighted by atomic mass is 10.1. The van der Waals surface area contributed by atoms with E-state index >= 15 is 0 Å². The van der Waals surface area contributed by atoms with Crippen LogP contribution in [0.4, 0.5) is 0 Å². The van der Waals surface area contributed by atoms with Gasteiger partial charge in [-0.3, -0.25) is 4.68 Å². The lowest BCUT2D eigenvalue weighted by Gasteiger charge is -2.20. The van der Waals surface area contributed by atoms with Gasteiger partial charge in [0.15, 0.2) is 0 Å². The summed E-state index contributed by atoms with van der Waals surface area (Å²) in [5.41, 5.74) is 1.09. The fraction of sp³-hybridized carbons (Fsp3) is 0.769. The number of methoxy groups -OCH3 is 1.